The highest BCUT2D eigenvalue weighted by Crippen LogP contribution is 2.41. The normalized spacial score (nSPS) is 37.9. The lowest BCUT2D eigenvalue weighted by atomic mass is 9.89. The summed E-state index contributed by atoms with van der Waals surface area (Å²) >= 11 is 0. The summed E-state index contributed by atoms with van der Waals surface area (Å²) < 4.78 is 0. The van der Waals surface area contributed by atoms with E-state index in [1.54, 1.807) is 0 Å². The molecule has 1 N–H and O–H groups in total. The van der Waals surface area contributed by atoms with Crippen molar-refractivity contribution in [3.8, 4) is 0 Å². The van der Waals surface area contributed by atoms with Crippen molar-refractivity contribution in [1.82, 2.24) is 10.2 Å². The number of hydrogen-bond acceptors (Lipinski definition) is 2. The molecule has 3 aliphatic rings. The number of hydrogen-bond donors (Lipinski definition) is 1. The Morgan fingerprint density at radius 1 is 1.16 bits per heavy atom. The molecule has 1 aliphatic heterocycles. The third-order valence-electron chi connectivity index (χ3n) is 6.04. The third-order valence-corrected chi connectivity index (χ3v) is 6.04. The zero-order chi connectivity index (χ0) is 13.3. The van der Waals surface area contributed by atoms with E-state index in [-0.39, 0.29) is 0 Å². The Labute approximate surface area is 119 Å². The molecule has 0 bridgehead atoms. The van der Waals surface area contributed by atoms with Gasteiger partial charge in [-0.2, -0.15) is 0 Å². The van der Waals surface area contributed by atoms with E-state index >= 15 is 0 Å². The van der Waals surface area contributed by atoms with Crippen LogP contribution in [-0.2, 0) is 0 Å². The van der Waals surface area contributed by atoms with Gasteiger partial charge in [0.15, 0.2) is 0 Å². The molecule has 2 unspecified atom stereocenters. The molecule has 1 saturated heterocycles. The molecule has 2 nitrogen and oxygen atoms in total. The van der Waals surface area contributed by atoms with Gasteiger partial charge in [-0.05, 0) is 51.0 Å². The van der Waals surface area contributed by atoms with Crippen LogP contribution in [0.4, 0.5) is 0 Å². The van der Waals surface area contributed by atoms with Crippen LogP contribution in [0.25, 0.3) is 0 Å². The lowest BCUT2D eigenvalue weighted by Crippen LogP contribution is -2.64. The molecule has 110 valence electrons. The fraction of sp³-hybridized carbons (Fsp3) is 1.00. The summed E-state index contributed by atoms with van der Waals surface area (Å²) in [6.45, 7) is 8.69. The predicted octanol–water partition coefficient (Wildman–Crippen LogP) is 3.42. The standard InChI is InChI=1S/C17H32N2/c1-3-16-12-18-17(2,15-8-9-15)13-19(16)11-10-14-6-4-5-7-14/h14-16,18H,3-13H2,1-2H3. The number of piperazine rings is 1. The molecule has 0 spiro atoms. The lowest BCUT2D eigenvalue weighted by Gasteiger charge is -2.47. The van der Waals surface area contributed by atoms with E-state index in [1.165, 1.54) is 71.0 Å². The first kappa shape index (κ1) is 13.9. The van der Waals surface area contributed by atoms with Crippen LogP contribution in [-0.4, -0.2) is 36.1 Å². The van der Waals surface area contributed by atoms with Crippen LogP contribution in [0.5, 0.6) is 0 Å². The highest BCUT2D eigenvalue weighted by molar-refractivity contribution is 5.03. The Hall–Kier alpha value is -0.0800. The van der Waals surface area contributed by atoms with E-state index in [0.717, 1.165) is 17.9 Å². The molecule has 1 heterocycles. The van der Waals surface area contributed by atoms with Crippen molar-refractivity contribution < 1.29 is 0 Å². The van der Waals surface area contributed by atoms with Crippen LogP contribution in [0.3, 0.4) is 0 Å². The number of rotatable bonds is 5. The maximum Gasteiger partial charge on any atom is 0.0309 e. The Kier molecular flexibility index (Phi) is 4.19. The van der Waals surface area contributed by atoms with Gasteiger partial charge >= 0.3 is 0 Å². The van der Waals surface area contributed by atoms with Gasteiger partial charge in [0.1, 0.15) is 0 Å². The van der Waals surface area contributed by atoms with E-state index in [9.17, 15) is 0 Å². The van der Waals surface area contributed by atoms with Crippen molar-refractivity contribution in [2.24, 2.45) is 11.8 Å². The van der Waals surface area contributed by atoms with Crippen molar-refractivity contribution in [3.63, 3.8) is 0 Å². The fourth-order valence-electron chi connectivity index (χ4n) is 4.39. The largest absolute Gasteiger partial charge is 0.308 e. The minimum Gasteiger partial charge on any atom is -0.308 e. The molecular formula is C17H32N2. The minimum absolute atomic E-state index is 0.418. The molecule has 0 radical (unpaired) electrons. The minimum atomic E-state index is 0.418. The second kappa shape index (κ2) is 5.73. The molecule has 3 fully saturated rings. The van der Waals surface area contributed by atoms with Gasteiger partial charge in [-0.3, -0.25) is 4.90 Å². The average molecular weight is 264 g/mol. The van der Waals surface area contributed by atoms with Gasteiger partial charge in [-0.1, -0.05) is 32.6 Å². The molecular weight excluding hydrogens is 232 g/mol. The average Bonchev–Trinajstić information content (AvgIpc) is 3.15. The molecule has 2 heteroatoms. The molecule has 0 aromatic carbocycles. The summed E-state index contributed by atoms with van der Waals surface area (Å²) in [5.41, 5.74) is 0.418. The molecule has 0 amide bonds. The van der Waals surface area contributed by atoms with Crippen LogP contribution in [0, 0.1) is 11.8 Å². The van der Waals surface area contributed by atoms with Gasteiger partial charge in [0.25, 0.3) is 0 Å². The number of nitrogens with zero attached hydrogens (tertiary/aromatic N) is 1. The summed E-state index contributed by atoms with van der Waals surface area (Å²) in [6.07, 6.45) is 11.7. The van der Waals surface area contributed by atoms with Gasteiger partial charge in [0.05, 0.1) is 0 Å². The zero-order valence-corrected chi connectivity index (χ0v) is 13.0. The first-order valence-electron chi connectivity index (χ1n) is 8.70. The van der Waals surface area contributed by atoms with Gasteiger partial charge in [-0.25, -0.2) is 0 Å². The monoisotopic (exact) mass is 264 g/mol. The summed E-state index contributed by atoms with van der Waals surface area (Å²) in [5.74, 6) is 2.00. The van der Waals surface area contributed by atoms with Gasteiger partial charge in [0, 0.05) is 24.7 Å². The predicted molar refractivity (Wildman–Crippen MR) is 81.4 cm³/mol. The first-order valence-corrected chi connectivity index (χ1v) is 8.70. The molecule has 2 saturated carbocycles. The van der Waals surface area contributed by atoms with E-state index in [4.69, 9.17) is 0 Å². The van der Waals surface area contributed by atoms with Gasteiger partial charge in [0.2, 0.25) is 0 Å². The maximum absolute atomic E-state index is 3.87. The van der Waals surface area contributed by atoms with Crippen LogP contribution in [0.2, 0.25) is 0 Å². The number of nitrogens with one attached hydrogen (secondary N) is 1. The van der Waals surface area contributed by atoms with Crippen LogP contribution < -0.4 is 5.32 Å². The summed E-state index contributed by atoms with van der Waals surface area (Å²) in [5, 5.41) is 3.87. The molecule has 2 aliphatic carbocycles. The molecule has 3 rings (SSSR count). The topological polar surface area (TPSA) is 15.3 Å². The SMILES string of the molecule is CCC1CNC(C)(C2CC2)CN1CCC1CCCC1. The quantitative estimate of drug-likeness (QED) is 0.818. The van der Waals surface area contributed by atoms with Gasteiger partial charge in [-0.15, -0.1) is 0 Å². The molecule has 2 atom stereocenters. The molecule has 0 aromatic heterocycles. The van der Waals surface area contributed by atoms with Gasteiger partial charge < -0.3 is 5.32 Å². The Balaban J connectivity index is 1.55. The Bertz CT molecular complexity index is 294. The first-order chi connectivity index (χ1) is 9.21. The highest BCUT2D eigenvalue weighted by atomic mass is 15.3. The lowest BCUT2D eigenvalue weighted by molar-refractivity contribution is 0.0681. The maximum atomic E-state index is 3.87. The van der Waals surface area contributed by atoms with Crippen LogP contribution >= 0.6 is 0 Å². The highest BCUT2D eigenvalue weighted by Gasteiger charge is 2.45. The zero-order valence-electron chi connectivity index (χ0n) is 13.0. The summed E-state index contributed by atoms with van der Waals surface area (Å²) in [6, 6.07) is 0.785. The summed E-state index contributed by atoms with van der Waals surface area (Å²) in [7, 11) is 0. The van der Waals surface area contributed by atoms with E-state index in [2.05, 4.69) is 24.1 Å². The van der Waals surface area contributed by atoms with Crippen molar-refractivity contribution in [2.75, 3.05) is 19.6 Å². The van der Waals surface area contributed by atoms with Crippen molar-refractivity contribution >= 4 is 0 Å². The van der Waals surface area contributed by atoms with E-state index in [1.807, 2.05) is 0 Å². The Morgan fingerprint density at radius 3 is 2.53 bits per heavy atom. The third kappa shape index (κ3) is 3.16. The second-order valence-corrected chi connectivity index (χ2v) is 7.54. The smallest absolute Gasteiger partial charge is 0.0309 e. The van der Waals surface area contributed by atoms with Crippen LogP contribution in [0.15, 0.2) is 0 Å². The molecule has 0 aromatic rings. The fourth-order valence-corrected chi connectivity index (χ4v) is 4.39. The van der Waals surface area contributed by atoms with Crippen LogP contribution in [0.1, 0.15) is 65.2 Å². The van der Waals surface area contributed by atoms with Crippen molar-refractivity contribution in [3.05, 3.63) is 0 Å². The van der Waals surface area contributed by atoms with Crippen molar-refractivity contribution in [1.29, 1.82) is 0 Å². The molecule has 19 heavy (non-hydrogen) atoms. The Morgan fingerprint density at radius 2 is 1.89 bits per heavy atom. The second-order valence-electron chi connectivity index (χ2n) is 7.54. The van der Waals surface area contributed by atoms with E-state index < -0.39 is 0 Å². The van der Waals surface area contributed by atoms with E-state index in [0.29, 0.717) is 5.54 Å². The summed E-state index contributed by atoms with van der Waals surface area (Å²) in [4.78, 5) is 2.83. The van der Waals surface area contributed by atoms with Crippen molar-refractivity contribution in [2.45, 2.75) is 76.8 Å².